The summed E-state index contributed by atoms with van der Waals surface area (Å²) in [5.41, 5.74) is 29.4. The highest BCUT2D eigenvalue weighted by Gasteiger charge is 2.29. The maximum atomic E-state index is 12.8. The van der Waals surface area contributed by atoms with E-state index in [-0.39, 0.29) is 42.3 Å². The van der Waals surface area contributed by atoms with E-state index >= 15 is 0 Å². The van der Waals surface area contributed by atoms with Crippen molar-refractivity contribution < 1.29 is 62.6 Å². The number of carbonyl (C=O) groups is 12. The van der Waals surface area contributed by atoms with Gasteiger partial charge in [0.25, 0.3) is 0 Å². The summed E-state index contributed by atoms with van der Waals surface area (Å²) in [7, 11) is 10.6. The maximum absolute atomic E-state index is 12.8. The Morgan fingerprint density at radius 2 is 0.674 bits per heavy atom. The molecule has 0 bridgehead atoms. The van der Waals surface area contributed by atoms with E-state index in [9.17, 15) is 14.4 Å². The van der Waals surface area contributed by atoms with Gasteiger partial charge in [-0.05, 0) is 124 Å². The predicted molar refractivity (Wildman–Crippen MR) is 401 cm³/mol. The third-order valence-corrected chi connectivity index (χ3v) is 8.64. The van der Waals surface area contributed by atoms with Gasteiger partial charge in [-0.2, -0.15) is 0 Å². The number of nitrogens with zero attached hydrogens (tertiary/aromatic N) is 2. The Bertz CT molecular complexity index is 1330. The standard InChI is InChI=1S/C20H29N3O3.C8H10.3C5H12.C4H10.C3H8O.C2H6.6CH5N.9CH2O.3H3N/c1-15(20(26)23-12-8-5-9-13-23)21-19(25)18(22(3)16(2)24)14-17-10-6-4-7-11-17;1-2-8-6-4-3-5-7-8;3*1-4-5(2)3;1-4(2)3;1-3(2)4;16*1-2;;;/h4,6-7,10-11,15,18H,5,8-9,12-14H2,1-3H3,(H,21,25);3-7H,2H2,1H3;3*5H,4H2,1-3H3;4H,1-3H3;3-4H,1-2H3;1-2H3;6*2H2,1H3;9*1H2;3*1H3/t15-,18-;;;;;;;;;;;;;;;;;;;;;;;;;/m0........................./s1. The first-order valence-corrected chi connectivity index (χ1v) is 29.3. The largest absolute Gasteiger partial charge is 0.394 e. The zero-order valence-electron chi connectivity index (χ0n) is 64.1. The van der Waals surface area contributed by atoms with Crippen LogP contribution in [0, 0.1) is 23.7 Å². The number of aliphatic hydroxyl groups excluding tert-OH is 1. The molecule has 1 aliphatic rings. The van der Waals surface area contributed by atoms with Gasteiger partial charge in [-0.3, -0.25) is 14.4 Å². The lowest BCUT2D eigenvalue weighted by atomic mass is 10.0. The summed E-state index contributed by atoms with van der Waals surface area (Å²) in [5, 5.41) is 10.9. The van der Waals surface area contributed by atoms with Crippen molar-refractivity contribution in [1.29, 1.82) is 0 Å². The van der Waals surface area contributed by atoms with Crippen LogP contribution < -0.4 is 58.2 Å². The Kier molecular flexibility index (Phi) is 313. The molecule has 0 saturated carbocycles. The molecule has 2 atom stereocenters. The van der Waals surface area contributed by atoms with Gasteiger partial charge in [-0.15, -0.1) is 0 Å². The number of rotatable bonds is 10. The van der Waals surface area contributed by atoms with E-state index in [2.05, 4.69) is 154 Å². The summed E-state index contributed by atoms with van der Waals surface area (Å²) in [6, 6.07) is 18.8. The molecular formula is C67H156N12O13. The molecule has 0 unspecified atom stereocenters. The van der Waals surface area contributed by atoms with Gasteiger partial charge in [0, 0.05) is 39.6 Å². The lowest BCUT2D eigenvalue weighted by Gasteiger charge is -2.31. The number of aliphatic hydroxyl groups is 1. The van der Waals surface area contributed by atoms with Crippen molar-refractivity contribution in [3.05, 3.63) is 71.8 Å². The van der Waals surface area contributed by atoms with E-state index in [1.54, 1.807) is 27.8 Å². The second kappa shape index (κ2) is 185. The zero-order chi connectivity index (χ0) is 76.9. The molecule has 92 heavy (non-hydrogen) atoms. The number of nitrogens with two attached hydrogens (primary N) is 6. The van der Waals surface area contributed by atoms with Gasteiger partial charge in [-0.25, -0.2) is 0 Å². The number of carbonyl (C=O) groups excluding carboxylic acids is 12. The van der Waals surface area contributed by atoms with Crippen LogP contribution in [0.3, 0.4) is 0 Å². The Labute approximate surface area is 566 Å². The average molecular weight is 1340 g/mol. The molecule has 1 heterocycles. The average Bonchev–Trinajstić information content (AvgIpc) is 2.56. The molecule has 2 aromatic carbocycles. The number of piperidine rings is 1. The molecule has 2 aromatic rings. The summed E-state index contributed by atoms with van der Waals surface area (Å²) in [6.45, 7) is 58.7. The Balaban J connectivity index is -0.0000000292. The second-order valence-electron chi connectivity index (χ2n) is 17.0. The van der Waals surface area contributed by atoms with Gasteiger partial charge in [0.05, 0.1) is 0 Å². The quantitative estimate of drug-likeness (QED) is 0.105. The molecule has 562 valence electrons. The maximum Gasteiger partial charge on any atom is 0.244 e. The normalized spacial score (nSPS) is 8.65. The molecular weight excluding hydrogens is 1180 g/mol. The van der Waals surface area contributed by atoms with Crippen molar-refractivity contribution in [2.75, 3.05) is 62.4 Å². The van der Waals surface area contributed by atoms with Crippen LogP contribution in [0.2, 0.25) is 0 Å². The minimum Gasteiger partial charge on any atom is -0.394 e. The monoisotopic (exact) mass is 1340 g/mol. The van der Waals surface area contributed by atoms with Crippen molar-refractivity contribution in [3.63, 3.8) is 0 Å². The SMILES string of the molecule is C=O.C=O.C=O.C=O.C=O.C=O.C=O.C=O.C=O.CC.CC(=O)N(C)[C@@H](Cc1ccccc1)C(=O)N[C@@H](C)C(=O)N1CCCCC1.CC(C)C.CC(C)O.CCC(C)C.CCC(C)C.CCC(C)C.CCc1ccccc1.CN.CN.CN.CN.CN.CN.N.N.N. The summed E-state index contributed by atoms with van der Waals surface area (Å²) in [4.78, 5) is 112. The third-order valence-electron chi connectivity index (χ3n) is 8.64. The van der Waals surface area contributed by atoms with Crippen molar-refractivity contribution in [2.45, 2.75) is 201 Å². The van der Waals surface area contributed by atoms with Crippen molar-refractivity contribution in [1.82, 2.24) is 33.6 Å². The second-order valence-corrected chi connectivity index (χ2v) is 17.0. The molecule has 1 saturated heterocycles. The molecule has 0 aliphatic carbocycles. The molecule has 23 N–H and O–H groups in total. The fourth-order valence-corrected chi connectivity index (χ4v) is 3.94. The minimum absolute atomic E-state index is 0. The molecule has 0 radical (unpaired) electrons. The van der Waals surface area contributed by atoms with E-state index in [1.807, 2.05) is 116 Å². The van der Waals surface area contributed by atoms with Gasteiger partial charge in [0.2, 0.25) is 17.7 Å². The van der Waals surface area contributed by atoms with Crippen LogP contribution in [0.5, 0.6) is 0 Å². The molecule has 3 amide bonds. The summed E-state index contributed by atoms with van der Waals surface area (Å²) in [6.07, 6.45) is 8.47. The minimum atomic E-state index is -0.647. The van der Waals surface area contributed by atoms with Gasteiger partial charge < -0.3 is 116 Å². The fraction of sp³-hybridized carbons (Fsp3) is 0.642. The van der Waals surface area contributed by atoms with Crippen LogP contribution in [0.15, 0.2) is 60.7 Å². The first-order valence-electron chi connectivity index (χ1n) is 29.3. The highest BCUT2D eigenvalue weighted by atomic mass is 16.3. The van der Waals surface area contributed by atoms with Crippen molar-refractivity contribution in [2.24, 2.45) is 58.1 Å². The smallest absolute Gasteiger partial charge is 0.244 e. The number of likely N-dealkylation sites (N-methyl/N-ethyl adjacent to an activating group) is 1. The molecule has 0 aromatic heterocycles. The van der Waals surface area contributed by atoms with Crippen LogP contribution in [0.1, 0.15) is 181 Å². The summed E-state index contributed by atoms with van der Waals surface area (Å²) in [5.74, 6) is 2.95. The van der Waals surface area contributed by atoms with Crippen LogP contribution in [-0.4, -0.2) is 174 Å². The van der Waals surface area contributed by atoms with Crippen molar-refractivity contribution in [3.8, 4) is 0 Å². The summed E-state index contributed by atoms with van der Waals surface area (Å²) >= 11 is 0. The fourth-order valence-electron chi connectivity index (χ4n) is 3.94. The highest BCUT2D eigenvalue weighted by molar-refractivity contribution is 5.91. The molecule has 25 nitrogen and oxygen atoms in total. The Morgan fingerprint density at radius 1 is 0.467 bits per heavy atom. The lowest BCUT2D eigenvalue weighted by Crippen LogP contribution is -2.54. The number of hydrogen-bond acceptors (Lipinski definition) is 22. The zero-order valence-corrected chi connectivity index (χ0v) is 64.1. The third kappa shape index (κ3) is 199. The molecule has 1 fully saturated rings. The van der Waals surface area contributed by atoms with E-state index in [4.69, 9.17) is 48.3 Å². The first-order chi connectivity index (χ1) is 42.6. The number of likely N-dealkylation sites (tertiary alicyclic amines) is 1. The van der Waals surface area contributed by atoms with Crippen LogP contribution in [0.4, 0.5) is 0 Å². The Morgan fingerprint density at radius 3 is 0.848 bits per heavy atom. The van der Waals surface area contributed by atoms with Crippen LogP contribution in [0.25, 0.3) is 0 Å². The van der Waals surface area contributed by atoms with E-state index < -0.39 is 12.1 Å². The Hall–Kier alpha value is -6.52. The van der Waals surface area contributed by atoms with E-state index in [0.29, 0.717) is 6.42 Å². The molecule has 3 rings (SSSR count). The molecule has 0 spiro atoms. The van der Waals surface area contributed by atoms with Gasteiger partial charge in [0.1, 0.15) is 73.2 Å². The van der Waals surface area contributed by atoms with Gasteiger partial charge >= 0.3 is 0 Å². The summed E-state index contributed by atoms with van der Waals surface area (Å²) < 4.78 is 0. The van der Waals surface area contributed by atoms with Gasteiger partial charge in [-0.1, -0.05) is 184 Å². The lowest BCUT2D eigenvalue weighted by molar-refractivity contribution is -0.140. The predicted octanol–water partition coefficient (Wildman–Crippen LogP) is 9.35. The van der Waals surface area contributed by atoms with Crippen molar-refractivity contribution >= 4 is 78.8 Å². The number of aryl methyl sites for hydroxylation is 1. The number of hydrogen-bond donors (Lipinski definition) is 11. The number of benzene rings is 2. The first kappa shape index (κ1) is 156. The number of nitrogens with one attached hydrogen (secondary N) is 1. The van der Waals surface area contributed by atoms with E-state index in [0.717, 1.165) is 68.0 Å². The van der Waals surface area contributed by atoms with E-state index in [1.165, 1.54) is 78.9 Å². The molecule has 1 aliphatic heterocycles. The topological polar surface area (TPSA) is 505 Å². The van der Waals surface area contributed by atoms with Gasteiger partial charge in [0.15, 0.2) is 0 Å². The van der Waals surface area contributed by atoms with Crippen LogP contribution >= 0.6 is 0 Å². The number of amides is 3. The molecule has 25 heteroatoms. The van der Waals surface area contributed by atoms with Crippen LogP contribution in [-0.2, 0) is 70.4 Å². The highest BCUT2D eigenvalue weighted by Crippen LogP contribution is 2.12.